The van der Waals surface area contributed by atoms with E-state index in [1.54, 1.807) is 0 Å². The molecule has 0 aliphatic heterocycles. The molecule has 2 nitrogen and oxygen atoms in total. The normalized spacial score (nSPS) is 10.8. The highest BCUT2D eigenvalue weighted by Gasteiger charge is 1.97. The summed E-state index contributed by atoms with van der Waals surface area (Å²) in [6.07, 6.45) is 0. The average Bonchev–Trinajstić information content (AvgIpc) is 2.07. The van der Waals surface area contributed by atoms with Crippen molar-refractivity contribution in [2.24, 2.45) is 0 Å². The van der Waals surface area contributed by atoms with Crippen LogP contribution in [0.2, 0.25) is 0 Å². The molecule has 0 radical (unpaired) electrons. The van der Waals surface area contributed by atoms with Crippen LogP contribution < -0.4 is 5.43 Å². The highest BCUT2D eigenvalue weighted by atomic mass is 79.9. The van der Waals surface area contributed by atoms with Crippen LogP contribution in [0.25, 0.3) is 0 Å². The van der Waals surface area contributed by atoms with E-state index in [1.807, 2.05) is 19.1 Å². The molecule has 0 spiro atoms. The molecule has 0 bridgehead atoms. The summed E-state index contributed by atoms with van der Waals surface area (Å²) in [5.74, 6) is 0. The van der Waals surface area contributed by atoms with Crippen molar-refractivity contribution in [2.45, 2.75) is 13.5 Å². The second-order valence-corrected chi connectivity index (χ2v) is 4.17. The lowest BCUT2D eigenvalue weighted by Crippen LogP contribution is -2.29. The SMILES string of the molecule is Cc1ccc(CNN(C)C)cc1Br. The summed E-state index contributed by atoms with van der Waals surface area (Å²) in [7, 11) is 3.98. The Morgan fingerprint density at radius 1 is 1.38 bits per heavy atom. The van der Waals surface area contributed by atoms with E-state index in [2.05, 4.69) is 46.5 Å². The molecular formula is C10H15BrN2. The molecule has 0 heterocycles. The minimum absolute atomic E-state index is 0.867. The number of benzene rings is 1. The van der Waals surface area contributed by atoms with E-state index in [9.17, 15) is 0 Å². The average molecular weight is 243 g/mol. The molecule has 72 valence electrons. The fourth-order valence-corrected chi connectivity index (χ4v) is 1.42. The van der Waals surface area contributed by atoms with Gasteiger partial charge in [-0.15, -0.1) is 0 Å². The fraction of sp³-hybridized carbons (Fsp3) is 0.400. The van der Waals surface area contributed by atoms with E-state index in [0.717, 1.165) is 6.54 Å². The van der Waals surface area contributed by atoms with Crippen LogP contribution in [0.3, 0.4) is 0 Å². The Kier molecular flexibility index (Phi) is 3.90. The summed E-state index contributed by atoms with van der Waals surface area (Å²) in [5.41, 5.74) is 5.78. The lowest BCUT2D eigenvalue weighted by atomic mass is 10.1. The molecule has 0 atom stereocenters. The largest absolute Gasteiger partial charge is 0.251 e. The standard InChI is InChI=1S/C10H15BrN2/c1-8-4-5-9(6-10(8)11)7-12-13(2)3/h4-6,12H,7H2,1-3H3. The Balaban J connectivity index is 2.63. The predicted molar refractivity (Wildman–Crippen MR) is 59.4 cm³/mol. The molecule has 0 aliphatic carbocycles. The topological polar surface area (TPSA) is 15.3 Å². The molecular weight excluding hydrogens is 228 g/mol. The molecule has 1 aromatic rings. The number of hydrazine groups is 1. The maximum absolute atomic E-state index is 3.51. The zero-order valence-corrected chi connectivity index (χ0v) is 9.85. The van der Waals surface area contributed by atoms with Gasteiger partial charge in [-0.25, -0.2) is 0 Å². The van der Waals surface area contributed by atoms with Gasteiger partial charge in [0.15, 0.2) is 0 Å². The van der Waals surface area contributed by atoms with Crippen LogP contribution in [0.5, 0.6) is 0 Å². The van der Waals surface area contributed by atoms with Crippen molar-refractivity contribution in [3.8, 4) is 0 Å². The third-order valence-electron chi connectivity index (χ3n) is 1.84. The maximum Gasteiger partial charge on any atom is 0.0353 e. The van der Waals surface area contributed by atoms with Crippen LogP contribution in [0.1, 0.15) is 11.1 Å². The minimum Gasteiger partial charge on any atom is -0.251 e. The van der Waals surface area contributed by atoms with Crippen LogP contribution in [-0.4, -0.2) is 19.1 Å². The van der Waals surface area contributed by atoms with Crippen molar-refractivity contribution in [3.63, 3.8) is 0 Å². The van der Waals surface area contributed by atoms with Crippen molar-refractivity contribution < 1.29 is 0 Å². The lowest BCUT2D eigenvalue weighted by Gasteiger charge is -2.12. The van der Waals surface area contributed by atoms with Gasteiger partial charge in [-0.2, -0.15) is 0 Å². The minimum atomic E-state index is 0.867. The quantitative estimate of drug-likeness (QED) is 0.819. The van der Waals surface area contributed by atoms with Gasteiger partial charge in [-0.05, 0) is 24.1 Å². The van der Waals surface area contributed by atoms with Crippen molar-refractivity contribution >= 4 is 15.9 Å². The molecule has 0 aromatic heterocycles. The number of aryl methyl sites for hydroxylation is 1. The Hall–Kier alpha value is -0.380. The monoisotopic (exact) mass is 242 g/mol. The van der Waals surface area contributed by atoms with Gasteiger partial charge in [-0.1, -0.05) is 28.1 Å². The number of nitrogens with one attached hydrogen (secondary N) is 1. The number of halogens is 1. The van der Waals surface area contributed by atoms with Gasteiger partial charge < -0.3 is 0 Å². The Morgan fingerprint density at radius 3 is 2.62 bits per heavy atom. The van der Waals surface area contributed by atoms with Crippen molar-refractivity contribution in [1.82, 2.24) is 10.4 Å². The summed E-state index contributed by atoms with van der Waals surface area (Å²) in [5, 5.41) is 1.95. The van der Waals surface area contributed by atoms with Crippen LogP contribution in [0.4, 0.5) is 0 Å². The first-order valence-corrected chi connectivity index (χ1v) is 5.05. The summed E-state index contributed by atoms with van der Waals surface area (Å²) < 4.78 is 1.17. The smallest absolute Gasteiger partial charge is 0.0353 e. The van der Waals surface area contributed by atoms with Gasteiger partial charge in [0, 0.05) is 25.1 Å². The maximum atomic E-state index is 3.51. The molecule has 13 heavy (non-hydrogen) atoms. The molecule has 0 fully saturated rings. The van der Waals surface area contributed by atoms with E-state index < -0.39 is 0 Å². The molecule has 1 rings (SSSR count). The highest BCUT2D eigenvalue weighted by molar-refractivity contribution is 9.10. The zero-order valence-electron chi connectivity index (χ0n) is 8.26. The second-order valence-electron chi connectivity index (χ2n) is 3.31. The van der Waals surface area contributed by atoms with Crippen molar-refractivity contribution in [1.29, 1.82) is 0 Å². The summed E-state index contributed by atoms with van der Waals surface area (Å²) >= 11 is 3.51. The van der Waals surface area contributed by atoms with Gasteiger partial charge in [0.2, 0.25) is 0 Å². The number of hydrogen-bond donors (Lipinski definition) is 1. The summed E-state index contributed by atoms with van der Waals surface area (Å²) in [6.45, 7) is 2.96. The number of rotatable bonds is 3. The van der Waals surface area contributed by atoms with Gasteiger partial charge in [-0.3, -0.25) is 10.4 Å². The van der Waals surface area contributed by atoms with Crippen LogP contribution >= 0.6 is 15.9 Å². The molecule has 0 unspecified atom stereocenters. The van der Waals surface area contributed by atoms with Gasteiger partial charge in [0.1, 0.15) is 0 Å². The van der Waals surface area contributed by atoms with Crippen LogP contribution in [-0.2, 0) is 6.54 Å². The summed E-state index contributed by atoms with van der Waals surface area (Å²) in [4.78, 5) is 0. The van der Waals surface area contributed by atoms with Crippen LogP contribution in [0.15, 0.2) is 22.7 Å². The molecule has 0 saturated carbocycles. The van der Waals surface area contributed by atoms with Crippen LogP contribution in [0, 0.1) is 6.92 Å². The second kappa shape index (κ2) is 4.74. The van der Waals surface area contributed by atoms with Crippen molar-refractivity contribution in [3.05, 3.63) is 33.8 Å². The number of hydrogen-bond acceptors (Lipinski definition) is 2. The Morgan fingerprint density at radius 2 is 2.08 bits per heavy atom. The van der Waals surface area contributed by atoms with Gasteiger partial charge in [0.05, 0.1) is 0 Å². The van der Waals surface area contributed by atoms with Gasteiger partial charge >= 0.3 is 0 Å². The first-order valence-electron chi connectivity index (χ1n) is 4.25. The molecule has 0 aliphatic rings. The lowest BCUT2D eigenvalue weighted by molar-refractivity contribution is 0.286. The van der Waals surface area contributed by atoms with Gasteiger partial charge in [0.25, 0.3) is 0 Å². The third-order valence-corrected chi connectivity index (χ3v) is 2.69. The first-order chi connectivity index (χ1) is 6.09. The van der Waals surface area contributed by atoms with E-state index >= 15 is 0 Å². The predicted octanol–water partition coefficient (Wildman–Crippen LogP) is 2.32. The van der Waals surface area contributed by atoms with E-state index in [0.29, 0.717) is 0 Å². The Bertz CT molecular complexity index is 284. The summed E-state index contributed by atoms with van der Waals surface area (Å²) in [6, 6.07) is 6.40. The fourth-order valence-electron chi connectivity index (χ4n) is 0.996. The zero-order chi connectivity index (χ0) is 9.84. The molecule has 1 aromatic carbocycles. The molecule has 1 N–H and O–H groups in total. The molecule has 3 heteroatoms. The van der Waals surface area contributed by atoms with E-state index in [-0.39, 0.29) is 0 Å². The van der Waals surface area contributed by atoms with E-state index in [1.165, 1.54) is 15.6 Å². The first kappa shape index (κ1) is 10.7. The number of nitrogens with zero attached hydrogens (tertiary/aromatic N) is 1. The van der Waals surface area contributed by atoms with Crippen molar-refractivity contribution in [2.75, 3.05) is 14.1 Å². The Labute approximate surface area is 88.0 Å². The third kappa shape index (κ3) is 3.46. The van der Waals surface area contributed by atoms with E-state index in [4.69, 9.17) is 0 Å². The molecule has 0 amide bonds. The highest BCUT2D eigenvalue weighted by Crippen LogP contribution is 2.17. The molecule has 0 saturated heterocycles.